The number of hydrazone groups is 1. The molecule has 0 bridgehead atoms. The van der Waals surface area contributed by atoms with Gasteiger partial charge in [0.2, 0.25) is 0 Å². The van der Waals surface area contributed by atoms with Gasteiger partial charge in [0.05, 0.1) is 6.21 Å². The second kappa shape index (κ2) is 6.59. The molecule has 88 valence electrons. The van der Waals surface area contributed by atoms with Gasteiger partial charge in [-0.2, -0.15) is 5.10 Å². The summed E-state index contributed by atoms with van der Waals surface area (Å²) in [5, 5.41) is 3.55. The molecule has 0 unspecified atom stereocenters. The van der Waals surface area contributed by atoms with E-state index in [1.807, 2.05) is 35.8 Å². The van der Waals surface area contributed by atoms with Crippen molar-refractivity contribution in [3.8, 4) is 0 Å². The highest BCUT2D eigenvalue weighted by Crippen LogP contribution is 2.09. The third-order valence-electron chi connectivity index (χ3n) is 1.68. The normalized spacial score (nSPS) is 11.5. The van der Waals surface area contributed by atoms with Crippen LogP contribution in [0, 0.1) is 0 Å². The molecule has 6 heteroatoms. The molecule has 17 heavy (non-hydrogen) atoms. The number of nitrogens with two attached hydrogens (primary N) is 1. The third-order valence-corrected chi connectivity index (χ3v) is 2.12. The van der Waals surface area contributed by atoms with Crippen LogP contribution in [0.2, 0.25) is 0 Å². The molecule has 1 rings (SSSR count). The number of carbonyl (C=O) groups is 2. The van der Waals surface area contributed by atoms with Crippen LogP contribution >= 0.6 is 15.9 Å². The average molecular weight is 296 g/mol. The van der Waals surface area contributed by atoms with Crippen molar-refractivity contribution >= 4 is 40.0 Å². The first-order valence-corrected chi connectivity index (χ1v) is 5.44. The Morgan fingerprint density at radius 2 is 1.94 bits per heavy atom. The Bertz CT molecular complexity index is 469. The van der Waals surface area contributed by atoms with Gasteiger partial charge < -0.3 is 5.73 Å². The van der Waals surface area contributed by atoms with Gasteiger partial charge in [0.1, 0.15) is 0 Å². The summed E-state index contributed by atoms with van der Waals surface area (Å²) < 4.78 is 0.647. The van der Waals surface area contributed by atoms with Crippen LogP contribution in [0.1, 0.15) is 5.56 Å². The maximum atomic E-state index is 10.7. The number of carbonyl (C=O) groups excluding carboxylic acids is 2. The molecular weight excluding hydrogens is 286 g/mol. The molecule has 0 atom stereocenters. The van der Waals surface area contributed by atoms with Gasteiger partial charge in [0.25, 0.3) is 0 Å². The molecule has 0 saturated carbocycles. The number of primary amides is 1. The highest BCUT2D eigenvalue weighted by molar-refractivity contribution is 9.12. The maximum Gasteiger partial charge on any atom is 0.329 e. The summed E-state index contributed by atoms with van der Waals surface area (Å²) in [5.41, 5.74) is 7.69. The predicted octanol–water partition coefficient (Wildman–Crippen LogP) is 1.01. The molecule has 0 aromatic heterocycles. The van der Waals surface area contributed by atoms with Gasteiger partial charge in [-0.1, -0.05) is 30.3 Å². The summed E-state index contributed by atoms with van der Waals surface area (Å²) in [7, 11) is 0. The molecule has 3 N–H and O–H groups in total. The molecule has 1 aromatic carbocycles. The van der Waals surface area contributed by atoms with Crippen LogP contribution < -0.4 is 11.2 Å². The Labute approximate surface area is 107 Å². The number of rotatable bonds is 3. The van der Waals surface area contributed by atoms with Crippen molar-refractivity contribution in [2.24, 2.45) is 10.8 Å². The Kier molecular flexibility index (Phi) is 5.09. The second-order valence-electron chi connectivity index (χ2n) is 3.00. The first-order chi connectivity index (χ1) is 8.09. The van der Waals surface area contributed by atoms with Crippen molar-refractivity contribution in [3.63, 3.8) is 0 Å². The number of nitrogens with zero attached hydrogens (tertiary/aromatic N) is 1. The first kappa shape index (κ1) is 13.1. The summed E-state index contributed by atoms with van der Waals surface area (Å²) in [6.07, 6.45) is 3.16. The first-order valence-electron chi connectivity index (χ1n) is 4.64. The summed E-state index contributed by atoms with van der Waals surface area (Å²) in [6.45, 7) is 0. The predicted molar refractivity (Wildman–Crippen MR) is 69.2 cm³/mol. The van der Waals surface area contributed by atoms with Gasteiger partial charge >= 0.3 is 11.8 Å². The van der Waals surface area contributed by atoms with Crippen LogP contribution in [0.3, 0.4) is 0 Å². The SMILES string of the molecule is NC(=O)C(=O)N/N=C\C(Br)=C\c1ccccc1. The van der Waals surface area contributed by atoms with Crippen LogP contribution in [-0.2, 0) is 9.59 Å². The highest BCUT2D eigenvalue weighted by Gasteiger charge is 2.05. The van der Waals surface area contributed by atoms with Crippen molar-refractivity contribution in [3.05, 3.63) is 40.4 Å². The van der Waals surface area contributed by atoms with Gasteiger partial charge in [-0.15, -0.1) is 0 Å². The molecule has 0 aliphatic carbocycles. The smallest absolute Gasteiger partial charge is 0.329 e. The van der Waals surface area contributed by atoms with Crippen LogP contribution in [0.4, 0.5) is 0 Å². The molecule has 0 fully saturated rings. The Hall–Kier alpha value is -1.95. The van der Waals surface area contributed by atoms with Crippen LogP contribution in [0.5, 0.6) is 0 Å². The van der Waals surface area contributed by atoms with Gasteiger partial charge in [-0.25, -0.2) is 5.43 Å². The summed E-state index contributed by atoms with van der Waals surface area (Å²) in [5.74, 6) is -2.04. The number of halogens is 1. The fourth-order valence-electron chi connectivity index (χ4n) is 0.953. The number of hydrogen-bond donors (Lipinski definition) is 2. The van der Waals surface area contributed by atoms with Gasteiger partial charge in [0, 0.05) is 4.48 Å². The van der Waals surface area contributed by atoms with Crippen molar-refractivity contribution < 1.29 is 9.59 Å². The van der Waals surface area contributed by atoms with Crippen molar-refractivity contribution in [1.29, 1.82) is 0 Å². The van der Waals surface area contributed by atoms with Crippen LogP contribution in [0.15, 0.2) is 39.9 Å². The van der Waals surface area contributed by atoms with Crippen molar-refractivity contribution in [2.75, 3.05) is 0 Å². The average Bonchev–Trinajstić information content (AvgIpc) is 2.30. The standard InChI is InChI=1S/C11H10BrN3O2/c12-9(6-8-4-2-1-3-5-8)7-14-15-11(17)10(13)16/h1-7H,(H2,13,16)(H,15,17)/b9-6-,14-7-. The Morgan fingerprint density at radius 3 is 2.53 bits per heavy atom. The van der Waals surface area contributed by atoms with Crippen LogP contribution in [0.25, 0.3) is 6.08 Å². The lowest BCUT2D eigenvalue weighted by Crippen LogP contribution is -2.32. The summed E-state index contributed by atoms with van der Waals surface area (Å²) in [4.78, 5) is 21.1. The fraction of sp³-hybridized carbons (Fsp3) is 0. The Balaban J connectivity index is 2.58. The minimum atomic E-state index is -1.08. The number of amides is 2. The van der Waals surface area contributed by atoms with Crippen LogP contribution in [-0.4, -0.2) is 18.0 Å². The molecule has 0 aliphatic rings. The lowest BCUT2D eigenvalue weighted by atomic mass is 10.2. The zero-order valence-electron chi connectivity index (χ0n) is 8.76. The van der Waals surface area contributed by atoms with Gasteiger partial charge in [-0.3, -0.25) is 9.59 Å². The molecule has 0 saturated heterocycles. The molecule has 0 radical (unpaired) electrons. The summed E-state index contributed by atoms with van der Waals surface area (Å²) in [6, 6.07) is 9.54. The minimum absolute atomic E-state index is 0.647. The molecule has 0 heterocycles. The zero-order valence-corrected chi connectivity index (χ0v) is 10.3. The highest BCUT2D eigenvalue weighted by atomic mass is 79.9. The largest absolute Gasteiger partial charge is 0.361 e. The lowest BCUT2D eigenvalue weighted by molar-refractivity contribution is -0.137. The topological polar surface area (TPSA) is 84.5 Å². The van der Waals surface area contributed by atoms with E-state index in [4.69, 9.17) is 5.73 Å². The third kappa shape index (κ3) is 5.07. The lowest BCUT2D eigenvalue weighted by Gasteiger charge is -1.94. The van der Waals surface area contributed by atoms with E-state index in [0.29, 0.717) is 4.48 Å². The van der Waals surface area contributed by atoms with E-state index in [0.717, 1.165) is 5.56 Å². The van der Waals surface area contributed by atoms with E-state index >= 15 is 0 Å². The van der Waals surface area contributed by atoms with Gasteiger partial charge in [0.15, 0.2) is 0 Å². The minimum Gasteiger partial charge on any atom is -0.361 e. The van der Waals surface area contributed by atoms with E-state index in [2.05, 4.69) is 21.0 Å². The van der Waals surface area contributed by atoms with E-state index in [-0.39, 0.29) is 0 Å². The Morgan fingerprint density at radius 1 is 1.29 bits per heavy atom. The zero-order chi connectivity index (χ0) is 12.7. The monoisotopic (exact) mass is 295 g/mol. The molecule has 5 nitrogen and oxygen atoms in total. The van der Waals surface area contributed by atoms with Crippen molar-refractivity contribution in [1.82, 2.24) is 5.43 Å². The maximum absolute atomic E-state index is 10.7. The van der Waals surface area contributed by atoms with E-state index < -0.39 is 11.8 Å². The fourth-order valence-corrected chi connectivity index (χ4v) is 1.32. The number of allylic oxidation sites excluding steroid dienone is 1. The van der Waals surface area contributed by atoms with Gasteiger partial charge in [-0.05, 0) is 27.6 Å². The van der Waals surface area contributed by atoms with E-state index in [1.54, 1.807) is 6.08 Å². The van der Waals surface area contributed by atoms with E-state index in [1.165, 1.54) is 6.21 Å². The molecule has 0 aliphatic heterocycles. The second-order valence-corrected chi connectivity index (χ2v) is 3.92. The summed E-state index contributed by atoms with van der Waals surface area (Å²) >= 11 is 3.25. The van der Waals surface area contributed by atoms with Crippen molar-refractivity contribution in [2.45, 2.75) is 0 Å². The number of benzene rings is 1. The molecular formula is C11H10BrN3O2. The molecule has 2 amide bonds. The number of hydrogen-bond acceptors (Lipinski definition) is 3. The van der Waals surface area contributed by atoms with E-state index in [9.17, 15) is 9.59 Å². The molecule has 0 spiro atoms. The number of nitrogens with one attached hydrogen (secondary N) is 1. The quantitative estimate of drug-likeness (QED) is 0.495. The molecule has 1 aromatic rings.